The lowest BCUT2D eigenvalue weighted by atomic mass is 10.0. The second-order valence-electron chi connectivity index (χ2n) is 4.13. The topological polar surface area (TPSA) is 37.5 Å². The molecule has 0 atom stereocenters. The summed E-state index contributed by atoms with van der Waals surface area (Å²) in [5.41, 5.74) is 2.28. The third-order valence-electron chi connectivity index (χ3n) is 2.42. The molecule has 0 aliphatic rings. The number of aromatic nitrogens is 2. The molecule has 88 valence electrons. The first-order valence-corrected chi connectivity index (χ1v) is 5.65. The lowest BCUT2D eigenvalue weighted by molar-refractivity contribution is 0.0780. The highest BCUT2D eigenvalue weighted by molar-refractivity contribution is 5.53. The quantitative estimate of drug-likeness (QED) is 0.802. The van der Waals surface area contributed by atoms with E-state index >= 15 is 0 Å². The molecule has 0 spiro atoms. The van der Waals surface area contributed by atoms with Gasteiger partial charge in [0.15, 0.2) is 0 Å². The summed E-state index contributed by atoms with van der Waals surface area (Å²) in [6.45, 7) is 9.56. The van der Waals surface area contributed by atoms with Crippen LogP contribution in [0.2, 0.25) is 0 Å². The zero-order valence-corrected chi connectivity index (χ0v) is 10.7. The molecule has 3 nitrogen and oxygen atoms in total. The van der Waals surface area contributed by atoms with Crippen LogP contribution >= 0.6 is 0 Å². The van der Waals surface area contributed by atoms with Crippen LogP contribution in [-0.4, -0.2) is 14.7 Å². The van der Waals surface area contributed by atoms with Crippen LogP contribution in [-0.2, 0) is 5.60 Å². The van der Waals surface area contributed by atoms with E-state index in [1.165, 1.54) is 0 Å². The van der Waals surface area contributed by atoms with Gasteiger partial charge in [0, 0.05) is 11.8 Å². The first-order valence-electron chi connectivity index (χ1n) is 5.65. The number of aryl methyl sites for hydroxylation is 1. The van der Waals surface area contributed by atoms with E-state index in [4.69, 9.17) is 0 Å². The van der Waals surface area contributed by atoms with Crippen molar-refractivity contribution >= 4 is 5.52 Å². The fraction of sp³-hybridized carbons (Fsp3) is 0.462. The molecule has 2 rings (SSSR count). The largest absolute Gasteiger partial charge is 0.386 e. The molecule has 0 fully saturated rings. The highest BCUT2D eigenvalue weighted by Crippen LogP contribution is 2.20. The van der Waals surface area contributed by atoms with Gasteiger partial charge in [0.05, 0.1) is 17.3 Å². The highest BCUT2D eigenvalue weighted by atomic mass is 16.3. The van der Waals surface area contributed by atoms with E-state index in [2.05, 4.69) is 5.10 Å². The molecular formula is C13H20N2O. The number of hydrogen-bond acceptors (Lipinski definition) is 2. The lowest BCUT2D eigenvalue weighted by Crippen LogP contribution is -2.16. The standard InChI is InChI=1S/C11H14N2O.C2H6/c1-8-6-12-13-7-9(11(2,3)14)4-5-10(8)13;1-2/h4-7,14H,1-3H3;1-2H3. The molecule has 0 amide bonds. The number of fused-ring (bicyclic) bond motifs is 1. The Morgan fingerprint density at radius 1 is 1.25 bits per heavy atom. The van der Waals surface area contributed by atoms with Crippen molar-refractivity contribution in [2.24, 2.45) is 0 Å². The van der Waals surface area contributed by atoms with Crippen molar-refractivity contribution in [3.05, 3.63) is 35.7 Å². The number of hydrogen-bond donors (Lipinski definition) is 1. The van der Waals surface area contributed by atoms with Crippen LogP contribution in [0, 0.1) is 6.92 Å². The number of nitrogens with zero attached hydrogens (tertiary/aromatic N) is 2. The molecule has 2 heterocycles. The Balaban J connectivity index is 0.000000606. The van der Waals surface area contributed by atoms with Crippen molar-refractivity contribution in [2.45, 2.75) is 40.2 Å². The van der Waals surface area contributed by atoms with Crippen molar-refractivity contribution in [3.8, 4) is 0 Å². The van der Waals surface area contributed by atoms with Gasteiger partial charge in [-0.15, -0.1) is 0 Å². The maximum Gasteiger partial charge on any atom is 0.0855 e. The summed E-state index contributed by atoms with van der Waals surface area (Å²) in [7, 11) is 0. The van der Waals surface area contributed by atoms with Gasteiger partial charge in [-0.05, 0) is 32.4 Å². The van der Waals surface area contributed by atoms with E-state index in [1.54, 1.807) is 18.4 Å². The van der Waals surface area contributed by atoms with Crippen LogP contribution in [0.4, 0.5) is 0 Å². The van der Waals surface area contributed by atoms with Crippen LogP contribution in [0.15, 0.2) is 24.5 Å². The van der Waals surface area contributed by atoms with Crippen molar-refractivity contribution in [2.75, 3.05) is 0 Å². The predicted molar refractivity (Wildman–Crippen MR) is 66.5 cm³/mol. The Morgan fingerprint density at radius 3 is 2.44 bits per heavy atom. The summed E-state index contributed by atoms with van der Waals surface area (Å²) in [6.07, 6.45) is 3.69. The number of pyridine rings is 1. The molecule has 0 aliphatic carbocycles. The first kappa shape index (κ1) is 12.7. The molecule has 16 heavy (non-hydrogen) atoms. The molecule has 0 saturated heterocycles. The summed E-state index contributed by atoms with van der Waals surface area (Å²) < 4.78 is 1.79. The Bertz CT molecular complexity index is 466. The van der Waals surface area contributed by atoms with Crippen molar-refractivity contribution < 1.29 is 5.11 Å². The van der Waals surface area contributed by atoms with E-state index in [0.717, 1.165) is 16.6 Å². The Morgan fingerprint density at radius 2 is 1.88 bits per heavy atom. The normalized spacial score (nSPS) is 11.1. The summed E-state index contributed by atoms with van der Waals surface area (Å²) in [5.74, 6) is 0. The summed E-state index contributed by atoms with van der Waals surface area (Å²) >= 11 is 0. The molecule has 0 bridgehead atoms. The van der Waals surface area contributed by atoms with E-state index in [0.29, 0.717) is 0 Å². The average molecular weight is 220 g/mol. The van der Waals surface area contributed by atoms with E-state index in [9.17, 15) is 5.11 Å². The fourth-order valence-corrected chi connectivity index (χ4v) is 1.47. The van der Waals surface area contributed by atoms with Crippen LogP contribution < -0.4 is 0 Å². The minimum Gasteiger partial charge on any atom is -0.386 e. The smallest absolute Gasteiger partial charge is 0.0855 e. The maximum absolute atomic E-state index is 9.81. The van der Waals surface area contributed by atoms with E-state index < -0.39 is 5.60 Å². The maximum atomic E-state index is 9.81. The monoisotopic (exact) mass is 220 g/mol. The molecule has 0 unspecified atom stereocenters. The van der Waals surface area contributed by atoms with Crippen molar-refractivity contribution in [3.63, 3.8) is 0 Å². The molecule has 0 aromatic carbocycles. The van der Waals surface area contributed by atoms with Gasteiger partial charge in [-0.1, -0.05) is 19.9 Å². The summed E-state index contributed by atoms with van der Waals surface area (Å²) in [4.78, 5) is 0. The lowest BCUT2D eigenvalue weighted by Gasteiger charge is -2.17. The minimum absolute atomic E-state index is 0.811. The first-order chi connectivity index (χ1) is 7.48. The predicted octanol–water partition coefficient (Wildman–Crippen LogP) is 2.90. The van der Waals surface area contributed by atoms with Crippen LogP contribution in [0.25, 0.3) is 5.52 Å². The molecule has 1 N–H and O–H groups in total. The second-order valence-corrected chi connectivity index (χ2v) is 4.13. The van der Waals surface area contributed by atoms with E-state index in [-0.39, 0.29) is 0 Å². The number of aliphatic hydroxyl groups is 1. The molecule has 3 heteroatoms. The third-order valence-corrected chi connectivity index (χ3v) is 2.42. The van der Waals surface area contributed by atoms with E-state index in [1.807, 2.05) is 45.3 Å². The van der Waals surface area contributed by atoms with Gasteiger partial charge in [0.2, 0.25) is 0 Å². The van der Waals surface area contributed by atoms with Gasteiger partial charge < -0.3 is 5.11 Å². The zero-order valence-electron chi connectivity index (χ0n) is 10.7. The van der Waals surface area contributed by atoms with Crippen LogP contribution in [0.1, 0.15) is 38.8 Å². The fourth-order valence-electron chi connectivity index (χ4n) is 1.47. The van der Waals surface area contributed by atoms with Gasteiger partial charge >= 0.3 is 0 Å². The van der Waals surface area contributed by atoms with Gasteiger partial charge in [-0.2, -0.15) is 5.10 Å². The Kier molecular flexibility index (Phi) is 3.70. The van der Waals surface area contributed by atoms with Crippen molar-refractivity contribution in [1.82, 2.24) is 9.61 Å². The van der Waals surface area contributed by atoms with Gasteiger partial charge in [-0.25, -0.2) is 4.52 Å². The summed E-state index contributed by atoms with van der Waals surface area (Å²) in [5, 5.41) is 14.0. The Labute approximate surface area is 96.7 Å². The Hall–Kier alpha value is -1.35. The molecule has 0 radical (unpaired) electrons. The van der Waals surface area contributed by atoms with Gasteiger partial charge in [0.25, 0.3) is 0 Å². The minimum atomic E-state index is -0.811. The summed E-state index contributed by atoms with van der Waals surface area (Å²) in [6, 6.07) is 3.92. The number of rotatable bonds is 1. The molecule has 0 saturated carbocycles. The molecule has 2 aromatic rings. The van der Waals surface area contributed by atoms with Gasteiger partial charge in [-0.3, -0.25) is 0 Å². The zero-order chi connectivity index (χ0) is 12.3. The molecule has 2 aromatic heterocycles. The molecular weight excluding hydrogens is 200 g/mol. The van der Waals surface area contributed by atoms with Crippen LogP contribution in [0.5, 0.6) is 0 Å². The average Bonchev–Trinajstić information content (AvgIpc) is 2.62. The van der Waals surface area contributed by atoms with Gasteiger partial charge in [0.1, 0.15) is 0 Å². The van der Waals surface area contributed by atoms with Crippen molar-refractivity contribution in [1.29, 1.82) is 0 Å². The molecule has 0 aliphatic heterocycles. The SMILES string of the molecule is CC.Cc1cnn2cc(C(C)(C)O)ccc12. The van der Waals surface area contributed by atoms with Crippen LogP contribution in [0.3, 0.4) is 0 Å². The third kappa shape index (κ3) is 2.42. The highest BCUT2D eigenvalue weighted by Gasteiger charge is 2.16. The second kappa shape index (κ2) is 4.66.